The van der Waals surface area contributed by atoms with Gasteiger partial charge in [0.1, 0.15) is 11.4 Å². The van der Waals surface area contributed by atoms with E-state index in [9.17, 15) is 9.50 Å². The van der Waals surface area contributed by atoms with Crippen LogP contribution < -0.4 is 10.6 Å². The van der Waals surface area contributed by atoms with Crippen molar-refractivity contribution < 1.29 is 9.50 Å². The summed E-state index contributed by atoms with van der Waals surface area (Å²) in [6.07, 6.45) is 0. The van der Waals surface area contributed by atoms with Crippen molar-refractivity contribution >= 4 is 29.9 Å². The summed E-state index contributed by atoms with van der Waals surface area (Å²) in [6, 6.07) is 5.80. The Morgan fingerprint density at radius 1 is 1.39 bits per heavy atom. The third kappa shape index (κ3) is 4.77. The van der Waals surface area contributed by atoms with E-state index in [0.29, 0.717) is 11.5 Å². The molecule has 1 unspecified atom stereocenters. The van der Waals surface area contributed by atoms with Crippen LogP contribution in [0.5, 0.6) is 0 Å². The van der Waals surface area contributed by atoms with Gasteiger partial charge in [-0.05, 0) is 24.6 Å². The van der Waals surface area contributed by atoms with Crippen molar-refractivity contribution in [2.75, 3.05) is 20.6 Å². The van der Waals surface area contributed by atoms with Crippen LogP contribution >= 0.6 is 24.0 Å². The Kier molecular flexibility index (Phi) is 7.15. The lowest BCUT2D eigenvalue weighted by Gasteiger charge is -2.25. The minimum atomic E-state index is -1.08. The molecule has 0 aliphatic rings. The summed E-state index contributed by atoms with van der Waals surface area (Å²) in [5, 5.41) is 16.1. The number of aliphatic hydroxyl groups is 1. The SMILES string of the molecule is CN=C(NC)NCC(C)(O)c1ccc(F)cc1.I. The molecule has 1 rings (SSSR count). The molecule has 0 aliphatic carbocycles. The largest absolute Gasteiger partial charge is 0.384 e. The first-order chi connectivity index (χ1) is 7.99. The molecule has 0 amide bonds. The highest BCUT2D eigenvalue weighted by atomic mass is 127. The lowest BCUT2D eigenvalue weighted by molar-refractivity contribution is 0.0617. The lowest BCUT2D eigenvalue weighted by Crippen LogP contribution is -2.43. The fraction of sp³-hybridized carbons (Fsp3) is 0.417. The lowest BCUT2D eigenvalue weighted by atomic mass is 9.96. The maximum atomic E-state index is 12.8. The molecule has 0 bridgehead atoms. The van der Waals surface area contributed by atoms with E-state index < -0.39 is 5.60 Å². The van der Waals surface area contributed by atoms with Crippen LogP contribution in [0.3, 0.4) is 0 Å². The fourth-order valence-corrected chi connectivity index (χ4v) is 1.45. The van der Waals surface area contributed by atoms with Crippen LogP contribution in [0.2, 0.25) is 0 Å². The van der Waals surface area contributed by atoms with Crippen molar-refractivity contribution in [2.45, 2.75) is 12.5 Å². The van der Waals surface area contributed by atoms with Crippen LogP contribution in [0.4, 0.5) is 4.39 Å². The van der Waals surface area contributed by atoms with E-state index in [0.717, 1.165) is 0 Å². The molecule has 1 atom stereocenters. The van der Waals surface area contributed by atoms with Gasteiger partial charge in [0.15, 0.2) is 5.96 Å². The molecule has 1 aromatic rings. The molecule has 0 saturated heterocycles. The van der Waals surface area contributed by atoms with Gasteiger partial charge in [0, 0.05) is 14.1 Å². The number of aliphatic imine (C=N–C) groups is 1. The van der Waals surface area contributed by atoms with E-state index in [-0.39, 0.29) is 36.3 Å². The standard InChI is InChI=1S/C12H18FN3O.HI/c1-12(17,8-16-11(14-2)15-3)9-4-6-10(13)7-5-9;/h4-7,17H,8H2,1-3H3,(H2,14,15,16);1H. The highest BCUT2D eigenvalue weighted by Gasteiger charge is 2.23. The van der Waals surface area contributed by atoms with Gasteiger partial charge in [-0.1, -0.05) is 12.1 Å². The van der Waals surface area contributed by atoms with E-state index >= 15 is 0 Å². The van der Waals surface area contributed by atoms with Crippen LogP contribution in [-0.4, -0.2) is 31.7 Å². The maximum absolute atomic E-state index is 12.8. The van der Waals surface area contributed by atoms with Gasteiger partial charge in [-0.25, -0.2) is 4.39 Å². The topological polar surface area (TPSA) is 56.7 Å². The summed E-state index contributed by atoms with van der Waals surface area (Å²) >= 11 is 0. The van der Waals surface area contributed by atoms with Gasteiger partial charge in [-0.3, -0.25) is 4.99 Å². The minimum Gasteiger partial charge on any atom is -0.384 e. The third-order valence-electron chi connectivity index (χ3n) is 2.53. The zero-order valence-corrected chi connectivity index (χ0v) is 13.0. The quantitative estimate of drug-likeness (QED) is 0.431. The normalized spacial score (nSPS) is 14.4. The molecule has 102 valence electrons. The number of nitrogens with zero attached hydrogens (tertiary/aromatic N) is 1. The number of hydrogen-bond donors (Lipinski definition) is 3. The fourth-order valence-electron chi connectivity index (χ4n) is 1.45. The summed E-state index contributed by atoms with van der Waals surface area (Å²) in [4.78, 5) is 3.94. The van der Waals surface area contributed by atoms with Crippen LogP contribution in [0.15, 0.2) is 29.3 Å². The van der Waals surface area contributed by atoms with Crippen LogP contribution in [0, 0.1) is 5.82 Å². The molecule has 0 aromatic heterocycles. The number of hydrogen-bond acceptors (Lipinski definition) is 2. The molecule has 4 nitrogen and oxygen atoms in total. The summed E-state index contributed by atoms with van der Waals surface area (Å²) in [7, 11) is 3.38. The average molecular weight is 367 g/mol. The Bertz CT molecular complexity index is 393. The molecule has 6 heteroatoms. The first-order valence-electron chi connectivity index (χ1n) is 5.36. The van der Waals surface area contributed by atoms with Crippen LogP contribution in [0.25, 0.3) is 0 Å². The molecular weight excluding hydrogens is 348 g/mol. The van der Waals surface area contributed by atoms with E-state index in [1.165, 1.54) is 12.1 Å². The smallest absolute Gasteiger partial charge is 0.190 e. The second-order valence-corrected chi connectivity index (χ2v) is 3.96. The molecule has 18 heavy (non-hydrogen) atoms. The number of rotatable bonds is 3. The number of guanidine groups is 1. The van der Waals surface area contributed by atoms with Crippen molar-refractivity contribution in [1.29, 1.82) is 0 Å². The number of benzene rings is 1. The molecule has 0 aliphatic heterocycles. The minimum absolute atomic E-state index is 0. The molecule has 1 aromatic carbocycles. The molecule has 0 radical (unpaired) electrons. The van der Waals surface area contributed by atoms with Crippen molar-refractivity contribution in [2.24, 2.45) is 4.99 Å². The zero-order valence-electron chi connectivity index (χ0n) is 10.7. The Morgan fingerprint density at radius 3 is 2.39 bits per heavy atom. The van der Waals surface area contributed by atoms with Gasteiger partial charge in [0.25, 0.3) is 0 Å². The maximum Gasteiger partial charge on any atom is 0.190 e. The van der Waals surface area contributed by atoms with Gasteiger partial charge in [-0.15, -0.1) is 24.0 Å². The number of nitrogens with one attached hydrogen (secondary N) is 2. The zero-order chi connectivity index (χ0) is 12.9. The predicted molar refractivity (Wildman–Crippen MR) is 81.8 cm³/mol. The van der Waals surface area contributed by atoms with Gasteiger partial charge >= 0.3 is 0 Å². The molecule has 0 saturated carbocycles. The van der Waals surface area contributed by atoms with E-state index in [4.69, 9.17) is 0 Å². The third-order valence-corrected chi connectivity index (χ3v) is 2.53. The van der Waals surface area contributed by atoms with Gasteiger partial charge < -0.3 is 15.7 Å². The van der Waals surface area contributed by atoms with Crippen molar-refractivity contribution in [3.8, 4) is 0 Å². The predicted octanol–water partition coefficient (Wildman–Crippen LogP) is 1.45. The second-order valence-electron chi connectivity index (χ2n) is 3.96. The summed E-state index contributed by atoms with van der Waals surface area (Å²) < 4.78 is 12.8. The van der Waals surface area contributed by atoms with E-state index in [1.807, 2.05) is 0 Å². The molecular formula is C12H19FIN3O. The Hall–Kier alpha value is -0.890. The van der Waals surface area contributed by atoms with Gasteiger partial charge in [0.05, 0.1) is 6.54 Å². The number of halogens is 2. The Labute approximate surface area is 124 Å². The monoisotopic (exact) mass is 367 g/mol. The first kappa shape index (κ1) is 17.1. The van der Waals surface area contributed by atoms with Gasteiger partial charge in [-0.2, -0.15) is 0 Å². The van der Waals surface area contributed by atoms with E-state index in [2.05, 4.69) is 15.6 Å². The first-order valence-corrected chi connectivity index (χ1v) is 5.36. The van der Waals surface area contributed by atoms with Crippen molar-refractivity contribution in [3.63, 3.8) is 0 Å². The van der Waals surface area contributed by atoms with Gasteiger partial charge in [0.2, 0.25) is 0 Å². The summed E-state index contributed by atoms with van der Waals surface area (Å²) in [6.45, 7) is 1.95. The molecule has 0 spiro atoms. The van der Waals surface area contributed by atoms with Crippen LogP contribution in [0.1, 0.15) is 12.5 Å². The highest BCUT2D eigenvalue weighted by molar-refractivity contribution is 14.0. The Morgan fingerprint density at radius 2 is 1.94 bits per heavy atom. The Balaban J connectivity index is 0.00000289. The second kappa shape index (κ2) is 7.52. The van der Waals surface area contributed by atoms with Crippen molar-refractivity contribution in [3.05, 3.63) is 35.6 Å². The van der Waals surface area contributed by atoms with Crippen LogP contribution in [-0.2, 0) is 5.60 Å². The molecule has 3 N–H and O–H groups in total. The van der Waals surface area contributed by atoms with E-state index in [1.54, 1.807) is 33.2 Å². The highest BCUT2D eigenvalue weighted by Crippen LogP contribution is 2.19. The van der Waals surface area contributed by atoms with Crippen molar-refractivity contribution in [1.82, 2.24) is 10.6 Å². The average Bonchev–Trinajstić information content (AvgIpc) is 2.31. The molecule has 0 fully saturated rings. The molecule has 0 heterocycles. The summed E-state index contributed by atoms with van der Waals surface area (Å²) in [5.74, 6) is 0.274. The summed E-state index contributed by atoms with van der Waals surface area (Å²) in [5.41, 5.74) is -0.432.